The second-order valence-corrected chi connectivity index (χ2v) is 4.73. The van der Waals surface area contributed by atoms with E-state index in [-0.39, 0.29) is 12.4 Å². The molecule has 1 rings (SSSR count). The second-order valence-electron chi connectivity index (χ2n) is 3.30. The van der Waals surface area contributed by atoms with Crippen LogP contribution in [0, 0.1) is 13.8 Å². The van der Waals surface area contributed by atoms with E-state index in [0.717, 1.165) is 8.58 Å². The highest BCUT2D eigenvalue weighted by atomic mass is 35.5. The molecule has 0 aliphatic rings. The molecule has 0 saturated carbocycles. The molecule has 1 atom stereocenters. The first-order chi connectivity index (χ1) is 5.72. The molecule has 0 N–H and O–H groups in total. The zero-order valence-electron chi connectivity index (χ0n) is 8.55. The average molecular weight is 217 g/mol. The average Bonchev–Trinajstić information content (AvgIpc) is 1.99. The highest BCUT2D eigenvalue weighted by molar-refractivity contribution is 7.47. The molecule has 0 heterocycles. The van der Waals surface area contributed by atoms with Crippen molar-refractivity contribution in [3.8, 4) is 0 Å². The molecule has 0 spiro atoms. The van der Waals surface area contributed by atoms with Gasteiger partial charge in [-0.3, -0.25) is 0 Å². The van der Waals surface area contributed by atoms with Crippen molar-refractivity contribution in [2.24, 2.45) is 0 Å². The quantitative estimate of drug-likeness (QED) is 0.679. The summed E-state index contributed by atoms with van der Waals surface area (Å²) in [5.41, 5.74) is 2.79. The summed E-state index contributed by atoms with van der Waals surface area (Å²) in [5, 5.41) is 1.52. The SMILES string of the molecule is CCCPc1cc(C)cc(C)c1.Cl. The van der Waals surface area contributed by atoms with E-state index < -0.39 is 0 Å². The fourth-order valence-corrected chi connectivity index (χ4v) is 2.54. The van der Waals surface area contributed by atoms with E-state index in [4.69, 9.17) is 0 Å². The summed E-state index contributed by atoms with van der Waals surface area (Å²) >= 11 is 0. The molecule has 0 saturated heterocycles. The summed E-state index contributed by atoms with van der Waals surface area (Å²) in [6.45, 7) is 6.59. The van der Waals surface area contributed by atoms with Crippen molar-refractivity contribution in [3.05, 3.63) is 29.3 Å². The van der Waals surface area contributed by atoms with E-state index in [1.165, 1.54) is 29.0 Å². The van der Waals surface area contributed by atoms with Crippen molar-refractivity contribution >= 4 is 26.3 Å². The Bertz CT molecular complexity index is 238. The molecule has 1 aromatic carbocycles. The first-order valence-electron chi connectivity index (χ1n) is 4.54. The minimum atomic E-state index is 0. The van der Waals surface area contributed by atoms with Gasteiger partial charge in [0.25, 0.3) is 0 Å². The Hall–Kier alpha value is -0.0600. The Morgan fingerprint density at radius 1 is 1.08 bits per heavy atom. The van der Waals surface area contributed by atoms with Gasteiger partial charge in [0.2, 0.25) is 0 Å². The third-order valence-electron chi connectivity index (χ3n) is 1.80. The van der Waals surface area contributed by atoms with Gasteiger partial charge >= 0.3 is 0 Å². The fraction of sp³-hybridized carbons (Fsp3) is 0.455. The molecule has 0 nitrogen and oxygen atoms in total. The van der Waals surface area contributed by atoms with Crippen LogP contribution in [0.5, 0.6) is 0 Å². The summed E-state index contributed by atoms with van der Waals surface area (Å²) in [6, 6.07) is 6.85. The molecule has 1 unspecified atom stereocenters. The Labute approximate surface area is 89.3 Å². The number of hydrogen-bond donors (Lipinski definition) is 0. The first-order valence-corrected chi connectivity index (χ1v) is 5.75. The predicted octanol–water partition coefficient (Wildman–Crippen LogP) is 3.44. The molecule has 0 fully saturated rings. The smallest absolute Gasteiger partial charge is 0.0266 e. The second kappa shape index (κ2) is 6.40. The molecule has 2 heteroatoms. The van der Waals surface area contributed by atoms with Crippen molar-refractivity contribution in [2.75, 3.05) is 6.16 Å². The maximum Gasteiger partial charge on any atom is -0.0266 e. The molecule has 13 heavy (non-hydrogen) atoms. The zero-order chi connectivity index (χ0) is 8.97. The van der Waals surface area contributed by atoms with Gasteiger partial charge in [0.1, 0.15) is 0 Å². The van der Waals surface area contributed by atoms with Gasteiger partial charge < -0.3 is 0 Å². The van der Waals surface area contributed by atoms with Crippen LogP contribution in [0.2, 0.25) is 0 Å². The largest absolute Gasteiger partial charge is 0.147 e. The Morgan fingerprint density at radius 3 is 2.08 bits per heavy atom. The van der Waals surface area contributed by atoms with Crippen LogP contribution in [0.15, 0.2) is 18.2 Å². The highest BCUT2D eigenvalue weighted by Gasteiger charge is 1.94. The lowest BCUT2D eigenvalue weighted by molar-refractivity contribution is 1.10. The summed E-state index contributed by atoms with van der Waals surface area (Å²) < 4.78 is 0. The maximum atomic E-state index is 2.31. The van der Waals surface area contributed by atoms with E-state index in [0.29, 0.717) is 0 Å². The van der Waals surface area contributed by atoms with Crippen LogP contribution in [0.25, 0.3) is 0 Å². The van der Waals surface area contributed by atoms with Crippen LogP contribution in [-0.2, 0) is 0 Å². The molecule has 0 aliphatic heterocycles. The van der Waals surface area contributed by atoms with Gasteiger partial charge in [-0.1, -0.05) is 51.3 Å². The summed E-state index contributed by atoms with van der Waals surface area (Å²) in [6.07, 6.45) is 2.63. The van der Waals surface area contributed by atoms with Gasteiger partial charge in [-0.15, -0.1) is 12.4 Å². The van der Waals surface area contributed by atoms with Crippen molar-refractivity contribution in [2.45, 2.75) is 27.2 Å². The summed E-state index contributed by atoms with van der Waals surface area (Å²) in [7, 11) is 0.997. The van der Waals surface area contributed by atoms with Gasteiger partial charge in [-0.2, -0.15) is 0 Å². The Morgan fingerprint density at radius 2 is 1.62 bits per heavy atom. The normalized spacial score (nSPS) is 10.4. The van der Waals surface area contributed by atoms with Crippen molar-refractivity contribution in [3.63, 3.8) is 0 Å². The first kappa shape index (κ1) is 12.9. The lowest BCUT2D eigenvalue weighted by atomic mass is 10.2. The molecule has 0 radical (unpaired) electrons. The van der Waals surface area contributed by atoms with Crippen molar-refractivity contribution in [1.29, 1.82) is 0 Å². The number of halogens is 1. The standard InChI is InChI=1S/C11H17P.ClH/c1-4-5-12-11-7-9(2)6-10(3)8-11;/h6-8,12H,4-5H2,1-3H3;1H. The van der Waals surface area contributed by atoms with Crippen LogP contribution < -0.4 is 5.30 Å². The molecule has 1 aromatic rings. The topological polar surface area (TPSA) is 0 Å². The number of rotatable bonds is 3. The van der Waals surface area contributed by atoms with Crippen molar-refractivity contribution in [1.82, 2.24) is 0 Å². The fourth-order valence-electron chi connectivity index (χ4n) is 1.35. The van der Waals surface area contributed by atoms with E-state index in [9.17, 15) is 0 Å². The Kier molecular flexibility index (Phi) is 6.37. The summed E-state index contributed by atoms with van der Waals surface area (Å²) in [4.78, 5) is 0. The van der Waals surface area contributed by atoms with Crippen LogP contribution >= 0.6 is 21.0 Å². The molecule has 74 valence electrons. The van der Waals surface area contributed by atoms with Gasteiger partial charge in [-0.05, 0) is 25.3 Å². The molecule has 0 amide bonds. The number of hydrogen-bond acceptors (Lipinski definition) is 0. The van der Waals surface area contributed by atoms with E-state index in [1.54, 1.807) is 0 Å². The van der Waals surface area contributed by atoms with Gasteiger partial charge in [-0.25, -0.2) is 0 Å². The minimum absolute atomic E-state index is 0. The van der Waals surface area contributed by atoms with Crippen LogP contribution in [0.3, 0.4) is 0 Å². The molecule has 0 aromatic heterocycles. The Balaban J connectivity index is 0.00000144. The van der Waals surface area contributed by atoms with E-state index >= 15 is 0 Å². The lowest BCUT2D eigenvalue weighted by Gasteiger charge is -2.03. The van der Waals surface area contributed by atoms with Crippen LogP contribution in [0.1, 0.15) is 24.5 Å². The van der Waals surface area contributed by atoms with E-state index in [2.05, 4.69) is 39.0 Å². The zero-order valence-corrected chi connectivity index (χ0v) is 10.4. The third kappa shape index (κ3) is 4.64. The minimum Gasteiger partial charge on any atom is -0.147 e. The predicted molar refractivity (Wildman–Crippen MR) is 66.3 cm³/mol. The monoisotopic (exact) mass is 216 g/mol. The van der Waals surface area contributed by atoms with E-state index in [1.807, 2.05) is 0 Å². The lowest BCUT2D eigenvalue weighted by Crippen LogP contribution is -1.97. The molecule has 0 aliphatic carbocycles. The number of benzene rings is 1. The number of aryl methyl sites for hydroxylation is 2. The van der Waals surface area contributed by atoms with Gasteiger partial charge in [0.05, 0.1) is 0 Å². The summed E-state index contributed by atoms with van der Waals surface area (Å²) in [5.74, 6) is 0. The van der Waals surface area contributed by atoms with Crippen molar-refractivity contribution < 1.29 is 0 Å². The molecule has 0 bridgehead atoms. The van der Waals surface area contributed by atoms with Crippen LogP contribution in [-0.4, -0.2) is 6.16 Å². The van der Waals surface area contributed by atoms with Gasteiger partial charge in [0.15, 0.2) is 0 Å². The molecular formula is C11H18ClP. The van der Waals surface area contributed by atoms with Gasteiger partial charge in [0, 0.05) is 0 Å². The highest BCUT2D eigenvalue weighted by Crippen LogP contribution is 2.13. The van der Waals surface area contributed by atoms with Crippen LogP contribution in [0.4, 0.5) is 0 Å². The maximum absolute atomic E-state index is 2.31. The molecular weight excluding hydrogens is 199 g/mol. The third-order valence-corrected chi connectivity index (χ3v) is 3.25.